The summed E-state index contributed by atoms with van der Waals surface area (Å²) in [6, 6.07) is 3.29. The number of aryl methyl sites for hydroxylation is 1. The number of H-pyrrole nitrogens is 1. The minimum atomic E-state index is -0.398. The summed E-state index contributed by atoms with van der Waals surface area (Å²) in [7, 11) is 0. The first-order valence-electron chi connectivity index (χ1n) is 6.78. The molecule has 0 radical (unpaired) electrons. The SMILES string of the molecule is CCCOc1c(Cl)cc(/C=N\n2c(=S)[nH]nc(C)c2=O)cc1Cl. The van der Waals surface area contributed by atoms with Crippen molar-refractivity contribution in [1.29, 1.82) is 0 Å². The van der Waals surface area contributed by atoms with Gasteiger partial charge < -0.3 is 4.74 Å². The van der Waals surface area contributed by atoms with Crippen molar-refractivity contribution in [2.75, 3.05) is 6.61 Å². The molecule has 1 N–H and O–H groups in total. The fourth-order valence-corrected chi connectivity index (χ4v) is 2.49. The minimum absolute atomic E-state index is 0.0944. The number of aromatic nitrogens is 3. The zero-order valence-electron chi connectivity index (χ0n) is 12.5. The second kappa shape index (κ2) is 7.72. The van der Waals surface area contributed by atoms with Crippen molar-refractivity contribution in [1.82, 2.24) is 14.9 Å². The van der Waals surface area contributed by atoms with Gasteiger partial charge in [0, 0.05) is 0 Å². The van der Waals surface area contributed by atoms with E-state index in [1.807, 2.05) is 6.92 Å². The molecule has 0 saturated carbocycles. The third-order valence-electron chi connectivity index (χ3n) is 2.81. The molecular formula is C14H14Cl2N4O2S. The van der Waals surface area contributed by atoms with E-state index in [1.54, 1.807) is 19.1 Å². The zero-order chi connectivity index (χ0) is 17.0. The molecule has 23 heavy (non-hydrogen) atoms. The Balaban J connectivity index is 2.36. The van der Waals surface area contributed by atoms with Gasteiger partial charge in [-0.15, -0.1) is 0 Å². The van der Waals surface area contributed by atoms with Gasteiger partial charge in [-0.1, -0.05) is 30.1 Å². The van der Waals surface area contributed by atoms with E-state index in [1.165, 1.54) is 6.21 Å². The lowest BCUT2D eigenvalue weighted by Gasteiger charge is -2.09. The number of rotatable bonds is 5. The lowest BCUT2D eigenvalue weighted by atomic mass is 10.2. The fraction of sp³-hybridized carbons (Fsp3) is 0.286. The predicted molar refractivity (Wildman–Crippen MR) is 93.7 cm³/mol. The van der Waals surface area contributed by atoms with Gasteiger partial charge in [-0.05, 0) is 43.3 Å². The molecule has 1 aromatic heterocycles. The normalized spacial score (nSPS) is 11.1. The van der Waals surface area contributed by atoms with Crippen LogP contribution in [0.5, 0.6) is 5.75 Å². The molecule has 6 nitrogen and oxygen atoms in total. The van der Waals surface area contributed by atoms with E-state index in [0.717, 1.165) is 11.1 Å². The van der Waals surface area contributed by atoms with Gasteiger partial charge in [0.25, 0.3) is 5.56 Å². The van der Waals surface area contributed by atoms with Crippen LogP contribution in [0.15, 0.2) is 22.0 Å². The summed E-state index contributed by atoms with van der Waals surface area (Å²) in [4.78, 5) is 11.9. The first-order valence-corrected chi connectivity index (χ1v) is 7.95. The summed E-state index contributed by atoms with van der Waals surface area (Å²) in [5, 5.41) is 11.1. The smallest absolute Gasteiger partial charge is 0.296 e. The van der Waals surface area contributed by atoms with Gasteiger partial charge in [-0.2, -0.15) is 14.9 Å². The number of benzene rings is 1. The molecular weight excluding hydrogens is 359 g/mol. The molecule has 0 aliphatic rings. The molecule has 0 aliphatic heterocycles. The zero-order valence-corrected chi connectivity index (χ0v) is 14.8. The fourth-order valence-electron chi connectivity index (χ4n) is 1.70. The Labute approximate surface area is 147 Å². The Bertz CT molecular complexity index is 838. The molecule has 0 bridgehead atoms. The molecule has 1 aromatic carbocycles. The maximum atomic E-state index is 11.9. The predicted octanol–water partition coefficient (Wildman–Crippen LogP) is 3.59. The number of hydrogen-bond donors (Lipinski definition) is 1. The van der Waals surface area contributed by atoms with Gasteiger partial charge in [0.2, 0.25) is 4.77 Å². The minimum Gasteiger partial charge on any atom is -0.490 e. The molecule has 1 heterocycles. The van der Waals surface area contributed by atoms with Crippen LogP contribution in [0.4, 0.5) is 0 Å². The Morgan fingerprint density at radius 3 is 2.70 bits per heavy atom. The quantitative estimate of drug-likeness (QED) is 0.642. The topological polar surface area (TPSA) is 72.3 Å². The average molecular weight is 373 g/mol. The number of nitrogens with one attached hydrogen (secondary N) is 1. The Hall–Kier alpha value is -1.70. The van der Waals surface area contributed by atoms with Gasteiger partial charge >= 0.3 is 0 Å². The third-order valence-corrected chi connectivity index (χ3v) is 3.63. The third kappa shape index (κ3) is 4.19. The van der Waals surface area contributed by atoms with Crippen molar-refractivity contribution in [2.45, 2.75) is 20.3 Å². The summed E-state index contributed by atoms with van der Waals surface area (Å²) in [6.45, 7) is 4.07. The highest BCUT2D eigenvalue weighted by atomic mass is 35.5. The number of aromatic amines is 1. The Morgan fingerprint density at radius 1 is 1.43 bits per heavy atom. The van der Waals surface area contributed by atoms with Crippen LogP contribution < -0.4 is 10.3 Å². The standard InChI is InChI=1S/C14H14Cl2N4O2S/c1-3-4-22-12-10(15)5-9(6-11(12)16)7-17-20-13(21)8(2)18-19-14(20)23/h5-7H,3-4H2,1-2H3,(H,19,23)/b17-7-. The van der Waals surface area contributed by atoms with Gasteiger partial charge in [0.1, 0.15) is 5.69 Å². The monoisotopic (exact) mass is 372 g/mol. The van der Waals surface area contributed by atoms with Crippen LogP contribution in [0.1, 0.15) is 24.6 Å². The van der Waals surface area contributed by atoms with Crippen LogP contribution in [-0.4, -0.2) is 27.7 Å². The molecule has 0 fully saturated rings. The highest BCUT2D eigenvalue weighted by Gasteiger charge is 2.09. The second-order valence-electron chi connectivity index (χ2n) is 4.64. The molecule has 0 unspecified atom stereocenters. The highest BCUT2D eigenvalue weighted by Crippen LogP contribution is 2.33. The average Bonchev–Trinajstić information content (AvgIpc) is 2.50. The van der Waals surface area contributed by atoms with Crippen LogP contribution in [0.2, 0.25) is 10.0 Å². The van der Waals surface area contributed by atoms with Gasteiger partial charge in [0.05, 0.1) is 22.9 Å². The van der Waals surface area contributed by atoms with Crippen molar-refractivity contribution in [3.8, 4) is 5.75 Å². The van der Waals surface area contributed by atoms with Crippen LogP contribution in [0, 0.1) is 11.7 Å². The molecule has 2 rings (SSSR count). The van der Waals surface area contributed by atoms with Crippen molar-refractivity contribution in [3.05, 3.63) is 48.6 Å². The molecule has 0 aliphatic carbocycles. The summed E-state index contributed by atoms with van der Waals surface area (Å²) in [5.74, 6) is 0.432. The van der Waals surface area contributed by atoms with Crippen LogP contribution in [-0.2, 0) is 0 Å². The largest absolute Gasteiger partial charge is 0.490 e. The lowest BCUT2D eigenvalue weighted by molar-refractivity contribution is 0.318. The molecule has 0 saturated heterocycles. The number of ether oxygens (including phenoxy) is 1. The van der Waals surface area contributed by atoms with Crippen LogP contribution >= 0.6 is 35.4 Å². The van der Waals surface area contributed by atoms with Crippen LogP contribution in [0.3, 0.4) is 0 Å². The summed E-state index contributed by atoms with van der Waals surface area (Å²) >= 11 is 17.3. The van der Waals surface area contributed by atoms with E-state index in [-0.39, 0.29) is 10.5 Å². The van der Waals surface area contributed by atoms with E-state index in [9.17, 15) is 4.79 Å². The second-order valence-corrected chi connectivity index (χ2v) is 5.84. The van der Waals surface area contributed by atoms with Gasteiger partial charge in [-0.25, -0.2) is 0 Å². The van der Waals surface area contributed by atoms with E-state index in [4.69, 9.17) is 40.2 Å². The summed E-state index contributed by atoms with van der Waals surface area (Å²) < 4.78 is 6.63. The number of nitrogens with zero attached hydrogens (tertiary/aromatic N) is 3. The van der Waals surface area contributed by atoms with E-state index in [0.29, 0.717) is 28.0 Å². The Morgan fingerprint density at radius 2 is 2.09 bits per heavy atom. The first kappa shape index (κ1) is 17.7. The Kier molecular flexibility index (Phi) is 5.92. The molecule has 0 atom stereocenters. The van der Waals surface area contributed by atoms with E-state index >= 15 is 0 Å². The molecule has 2 aromatic rings. The highest BCUT2D eigenvalue weighted by molar-refractivity contribution is 7.71. The molecule has 9 heteroatoms. The molecule has 122 valence electrons. The van der Waals surface area contributed by atoms with Gasteiger partial charge in [-0.3, -0.25) is 9.89 Å². The van der Waals surface area contributed by atoms with E-state index < -0.39 is 5.56 Å². The summed E-state index contributed by atoms with van der Waals surface area (Å²) in [6.07, 6.45) is 2.28. The maximum absolute atomic E-state index is 11.9. The van der Waals surface area contributed by atoms with Crippen molar-refractivity contribution >= 4 is 41.6 Å². The van der Waals surface area contributed by atoms with Crippen molar-refractivity contribution in [3.63, 3.8) is 0 Å². The van der Waals surface area contributed by atoms with Crippen molar-refractivity contribution in [2.24, 2.45) is 5.10 Å². The van der Waals surface area contributed by atoms with Crippen LogP contribution in [0.25, 0.3) is 0 Å². The van der Waals surface area contributed by atoms with E-state index in [2.05, 4.69) is 15.3 Å². The number of halogens is 2. The lowest BCUT2D eigenvalue weighted by Crippen LogP contribution is -2.22. The van der Waals surface area contributed by atoms with Gasteiger partial charge in [0.15, 0.2) is 5.75 Å². The maximum Gasteiger partial charge on any atom is 0.296 e. The molecule has 0 spiro atoms. The first-order chi connectivity index (χ1) is 10.9. The van der Waals surface area contributed by atoms with Crippen molar-refractivity contribution < 1.29 is 4.74 Å². The molecule has 0 amide bonds. The number of hydrogen-bond acceptors (Lipinski definition) is 5. The summed E-state index contributed by atoms with van der Waals surface area (Å²) in [5.41, 5.74) is 0.472.